The van der Waals surface area contributed by atoms with Gasteiger partial charge in [0.2, 0.25) is 5.91 Å². The first-order valence-electron chi connectivity index (χ1n) is 9.13. The molecule has 5 nitrogen and oxygen atoms in total. The number of benzene rings is 1. The van der Waals surface area contributed by atoms with Crippen molar-refractivity contribution in [2.24, 2.45) is 17.8 Å². The summed E-state index contributed by atoms with van der Waals surface area (Å²) in [6.07, 6.45) is 2.67. The third-order valence-corrected chi connectivity index (χ3v) is 5.93. The van der Waals surface area contributed by atoms with Crippen LogP contribution in [-0.2, 0) is 9.53 Å². The van der Waals surface area contributed by atoms with Crippen LogP contribution in [0.25, 0.3) is 0 Å². The first-order valence-corrected chi connectivity index (χ1v) is 9.13. The molecule has 24 heavy (non-hydrogen) atoms. The van der Waals surface area contributed by atoms with Gasteiger partial charge in [0, 0.05) is 30.6 Å². The third-order valence-electron chi connectivity index (χ3n) is 5.93. The average molecular weight is 328 g/mol. The lowest BCUT2D eigenvalue weighted by atomic mass is 9.84. The first kappa shape index (κ1) is 14.7. The summed E-state index contributed by atoms with van der Waals surface area (Å²) < 4.78 is 11.2. The molecular weight excluding hydrogens is 304 g/mol. The second-order valence-electron chi connectivity index (χ2n) is 7.70. The molecule has 1 saturated carbocycles. The predicted octanol–water partition coefficient (Wildman–Crippen LogP) is 1.59. The molecule has 0 aromatic heterocycles. The van der Waals surface area contributed by atoms with Gasteiger partial charge in [0.15, 0.2) is 0 Å². The second-order valence-corrected chi connectivity index (χ2v) is 7.70. The van der Waals surface area contributed by atoms with Crippen LogP contribution in [-0.4, -0.2) is 49.8 Å². The molecule has 1 aromatic carbocycles. The Morgan fingerprint density at radius 2 is 2.04 bits per heavy atom. The summed E-state index contributed by atoms with van der Waals surface area (Å²) in [5.41, 5.74) is 1.26. The standard InChI is InChI=1S/C19H24N2O3/c22-19(20-13-9-23-10-13)15-8-21(7-12-5-6-12)18-14-3-1-2-4-17(14)24-11-16(15)18/h1-4,12-13,15-16,18H,5-11H2,(H,20,22)/t15-,16+,18+/m1/s1. The van der Waals surface area contributed by atoms with Crippen molar-refractivity contribution in [3.63, 3.8) is 0 Å². The minimum absolute atomic E-state index is 0.0164. The van der Waals surface area contributed by atoms with Crippen LogP contribution >= 0.6 is 0 Å². The number of carbonyl (C=O) groups is 1. The fourth-order valence-corrected chi connectivity index (χ4v) is 4.39. The molecule has 1 N–H and O–H groups in total. The first-order chi connectivity index (χ1) is 11.8. The zero-order chi connectivity index (χ0) is 16.1. The van der Waals surface area contributed by atoms with Crippen LogP contribution in [0, 0.1) is 17.8 Å². The number of nitrogens with one attached hydrogen (secondary N) is 1. The van der Waals surface area contributed by atoms with Gasteiger partial charge >= 0.3 is 0 Å². The van der Waals surface area contributed by atoms with Gasteiger partial charge in [-0.1, -0.05) is 18.2 Å². The lowest BCUT2D eigenvalue weighted by Crippen LogP contribution is -2.51. The maximum absolute atomic E-state index is 12.8. The second kappa shape index (κ2) is 5.74. The third kappa shape index (κ3) is 2.50. The Balaban J connectivity index is 1.41. The summed E-state index contributed by atoms with van der Waals surface area (Å²) in [7, 11) is 0. The predicted molar refractivity (Wildman–Crippen MR) is 88.7 cm³/mol. The Morgan fingerprint density at radius 3 is 2.79 bits per heavy atom. The van der Waals surface area contributed by atoms with Gasteiger partial charge in [0.1, 0.15) is 5.75 Å². The van der Waals surface area contributed by atoms with E-state index in [9.17, 15) is 4.79 Å². The molecule has 2 saturated heterocycles. The molecule has 5 heteroatoms. The summed E-state index contributed by atoms with van der Waals surface area (Å²) in [6.45, 7) is 3.91. The number of nitrogens with zero attached hydrogens (tertiary/aromatic N) is 1. The number of likely N-dealkylation sites (tertiary alicyclic amines) is 1. The number of carbonyl (C=O) groups excluding carboxylic acids is 1. The minimum atomic E-state index is 0.0164. The van der Waals surface area contributed by atoms with Gasteiger partial charge < -0.3 is 14.8 Å². The highest BCUT2D eigenvalue weighted by Crippen LogP contribution is 2.48. The number of fused-ring (bicyclic) bond motifs is 3. The van der Waals surface area contributed by atoms with E-state index in [2.05, 4.69) is 28.4 Å². The summed E-state index contributed by atoms with van der Waals surface area (Å²) in [5, 5.41) is 3.16. The fraction of sp³-hybridized carbons (Fsp3) is 0.632. The average Bonchev–Trinajstić information content (AvgIpc) is 3.30. The van der Waals surface area contributed by atoms with Gasteiger partial charge in [-0.15, -0.1) is 0 Å². The van der Waals surface area contributed by atoms with E-state index in [1.165, 1.54) is 18.4 Å². The van der Waals surface area contributed by atoms with Crippen molar-refractivity contribution >= 4 is 5.91 Å². The van der Waals surface area contributed by atoms with Crippen molar-refractivity contribution in [2.45, 2.75) is 24.9 Å². The van der Waals surface area contributed by atoms with Crippen LogP contribution in [0.1, 0.15) is 24.4 Å². The maximum atomic E-state index is 12.8. The number of para-hydroxylation sites is 1. The van der Waals surface area contributed by atoms with Crippen LogP contribution in [0.15, 0.2) is 24.3 Å². The van der Waals surface area contributed by atoms with Crippen LogP contribution in [0.2, 0.25) is 0 Å². The van der Waals surface area contributed by atoms with E-state index in [0.717, 1.165) is 24.8 Å². The topological polar surface area (TPSA) is 50.8 Å². The lowest BCUT2D eigenvalue weighted by molar-refractivity contribution is -0.130. The Labute approximate surface area is 142 Å². The van der Waals surface area contributed by atoms with Crippen molar-refractivity contribution in [1.82, 2.24) is 10.2 Å². The fourth-order valence-electron chi connectivity index (χ4n) is 4.39. The number of amides is 1. The summed E-state index contributed by atoms with van der Waals surface area (Å²) >= 11 is 0. The van der Waals surface area contributed by atoms with Crippen molar-refractivity contribution in [2.75, 3.05) is 32.9 Å². The Hall–Kier alpha value is -1.59. The molecule has 128 valence electrons. The van der Waals surface area contributed by atoms with Crippen LogP contribution in [0.5, 0.6) is 5.75 Å². The maximum Gasteiger partial charge on any atom is 0.225 e. The number of hydrogen-bond donors (Lipinski definition) is 1. The molecule has 0 unspecified atom stereocenters. The largest absolute Gasteiger partial charge is 0.493 e. The molecule has 3 heterocycles. The Bertz CT molecular complexity index is 641. The van der Waals surface area contributed by atoms with Gasteiger partial charge in [-0.3, -0.25) is 9.69 Å². The van der Waals surface area contributed by atoms with Gasteiger partial charge in [-0.2, -0.15) is 0 Å². The van der Waals surface area contributed by atoms with E-state index >= 15 is 0 Å². The van der Waals surface area contributed by atoms with Gasteiger partial charge in [0.25, 0.3) is 0 Å². The number of rotatable bonds is 4. The Morgan fingerprint density at radius 1 is 1.21 bits per heavy atom. The molecule has 0 spiro atoms. The summed E-state index contributed by atoms with van der Waals surface area (Å²) in [4.78, 5) is 15.4. The van der Waals surface area contributed by atoms with Crippen LogP contribution < -0.4 is 10.1 Å². The summed E-state index contributed by atoms with van der Waals surface area (Å²) in [5.74, 6) is 2.26. The highest BCUT2D eigenvalue weighted by molar-refractivity contribution is 5.80. The molecule has 1 aromatic rings. The SMILES string of the molecule is O=C(NC1COC1)[C@@H]1CN(CC2CC2)[C@H]2c3ccccc3OC[C@@H]12. The molecular formula is C19H24N2O3. The van der Waals surface area contributed by atoms with Crippen LogP contribution in [0.4, 0.5) is 0 Å². The molecule has 5 rings (SSSR count). The highest BCUT2D eigenvalue weighted by atomic mass is 16.5. The smallest absolute Gasteiger partial charge is 0.225 e. The van der Waals surface area contributed by atoms with Gasteiger partial charge in [-0.25, -0.2) is 0 Å². The zero-order valence-electron chi connectivity index (χ0n) is 13.8. The van der Waals surface area contributed by atoms with E-state index in [-0.39, 0.29) is 23.8 Å². The molecule has 1 amide bonds. The van der Waals surface area contributed by atoms with E-state index in [4.69, 9.17) is 9.47 Å². The van der Waals surface area contributed by atoms with Crippen molar-refractivity contribution in [3.8, 4) is 5.75 Å². The minimum Gasteiger partial charge on any atom is -0.493 e. The quantitative estimate of drug-likeness (QED) is 0.912. The van der Waals surface area contributed by atoms with Crippen molar-refractivity contribution in [3.05, 3.63) is 29.8 Å². The Kier molecular flexibility index (Phi) is 3.52. The normalized spacial score (nSPS) is 32.4. The highest BCUT2D eigenvalue weighted by Gasteiger charge is 2.50. The molecule has 0 bridgehead atoms. The van der Waals surface area contributed by atoms with Gasteiger partial charge in [-0.05, 0) is 24.8 Å². The van der Waals surface area contributed by atoms with E-state index in [0.29, 0.717) is 25.9 Å². The number of ether oxygens (including phenoxy) is 2. The van der Waals surface area contributed by atoms with E-state index in [1.54, 1.807) is 0 Å². The molecule has 1 aliphatic carbocycles. The molecule has 3 fully saturated rings. The monoisotopic (exact) mass is 328 g/mol. The van der Waals surface area contributed by atoms with Crippen molar-refractivity contribution in [1.29, 1.82) is 0 Å². The van der Waals surface area contributed by atoms with Crippen LogP contribution in [0.3, 0.4) is 0 Å². The van der Waals surface area contributed by atoms with E-state index in [1.807, 2.05) is 6.07 Å². The summed E-state index contributed by atoms with van der Waals surface area (Å²) in [6, 6.07) is 8.86. The van der Waals surface area contributed by atoms with E-state index < -0.39 is 0 Å². The van der Waals surface area contributed by atoms with Gasteiger partial charge in [0.05, 0.1) is 31.8 Å². The molecule has 4 aliphatic rings. The lowest BCUT2D eigenvalue weighted by Gasteiger charge is -2.35. The molecule has 3 atom stereocenters. The number of hydrogen-bond acceptors (Lipinski definition) is 4. The van der Waals surface area contributed by atoms with Crippen molar-refractivity contribution < 1.29 is 14.3 Å². The molecule has 0 radical (unpaired) electrons. The molecule has 3 aliphatic heterocycles. The zero-order valence-corrected chi connectivity index (χ0v) is 13.8.